The fraction of sp³-hybridized carbons (Fsp3) is 0.444. The highest BCUT2D eigenvalue weighted by atomic mass is 32.2. The summed E-state index contributed by atoms with van der Waals surface area (Å²) >= 11 is 1.20. The second-order valence-electron chi connectivity index (χ2n) is 6.50. The van der Waals surface area contributed by atoms with E-state index in [2.05, 4.69) is 10.6 Å². The van der Waals surface area contributed by atoms with Crippen LogP contribution < -0.4 is 10.6 Å². The lowest BCUT2D eigenvalue weighted by atomic mass is 10.0. The van der Waals surface area contributed by atoms with Gasteiger partial charge in [-0.25, -0.2) is 8.42 Å². The Balaban J connectivity index is 1.49. The Kier molecular flexibility index (Phi) is 6.87. The Morgan fingerprint density at radius 1 is 1.18 bits per heavy atom. The summed E-state index contributed by atoms with van der Waals surface area (Å²) in [6, 6.07) is 6.54. The molecule has 0 saturated carbocycles. The molecule has 3 rings (SSSR count). The molecular formula is C18H23N3O5S2. The van der Waals surface area contributed by atoms with E-state index in [0.717, 1.165) is 19.3 Å². The molecule has 1 aliphatic rings. The van der Waals surface area contributed by atoms with E-state index in [4.69, 9.17) is 4.42 Å². The lowest BCUT2D eigenvalue weighted by molar-refractivity contribution is -0.139. The number of hydrogen-bond donors (Lipinski definition) is 2. The molecule has 152 valence electrons. The maximum atomic E-state index is 12.8. The zero-order valence-corrected chi connectivity index (χ0v) is 16.9. The average molecular weight is 426 g/mol. The first-order chi connectivity index (χ1) is 13.5. The molecule has 1 fully saturated rings. The van der Waals surface area contributed by atoms with Gasteiger partial charge < -0.3 is 15.1 Å². The average Bonchev–Trinajstić information content (AvgIpc) is 3.40. The van der Waals surface area contributed by atoms with Crippen molar-refractivity contribution in [2.75, 3.05) is 13.1 Å². The smallest absolute Gasteiger partial charge is 0.309 e. The van der Waals surface area contributed by atoms with Gasteiger partial charge in [0, 0.05) is 19.1 Å². The van der Waals surface area contributed by atoms with E-state index in [1.54, 1.807) is 29.6 Å². The minimum Gasteiger partial charge on any atom is -0.467 e. The number of carbonyl (C=O) groups is 2. The number of sulfonamides is 1. The third kappa shape index (κ3) is 5.00. The van der Waals surface area contributed by atoms with E-state index in [1.807, 2.05) is 0 Å². The number of rotatable bonds is 7. The number of furan rings is 1. The molecule has 1 aliphatic heterocycles. The van der Waals surface area contributed by atoms with Crippen LogP contribution in [0.5, 0.6) is 0 Å². The molecule has 2 aromatic rings. The van der Waals surface area contributed by atoms with Gasteiger partial charge in [0.25, 0.3) is 10.0 Å². The molecule has 8 nitrogen and oxygen atoms in total. The highest BCUT2D eigenvalue weighted by Gasteiger charge is 2.33. The van der Waals surface area contributed by atoms with Crippen molar-refractivity contribution in [1.82, 2.24) is 14.9 Å². The summed E-state index contributed by atoms with van der Waals surface area (Å²) in [6.07, 6.45) is 4.45. The SMILES string of the molecule is O=C(NCC[C@@H]1CCCCN1S(=O)(=O)c1cccs1)C(=O)NCc1ccco1. The lowest BCUT2D eigenvalue weighted by Gasteiger charge is -2.34. The Morgan fingerprint density at radius 2 is 2.00 bits per heavy atom. The second kappa shape index (κ2) is 9.35. The number of thiophene rings is 1. The molecule has 2 aromatic heterocycles. The van der Waals surface area contributed by atoms with Crippen molar-refractivity contribution in [3.05, 3.63) is 41.7 Å². The Morgan fingerprint density at radius 3 is 2.71 bits per heavy atom. The highest BCUT2D eigenvalue weighted by molar-refractivity contribution is 7.91. The fourth-order valence-electron chi connectivity index (χ4n) is 3.20. The number of nitrogens with zero attached hydrogens (tertiary/aromatic N) is 1. The molecule has 0 radical (unpaired) electrons. The number of carbonyl (C=O) groups excluding carboxylic acids is 2. The first-order valence-corrected chi connectivity index (χ1v) is 11.4. The summed E-state index contributed by atoms with van der Waals surface area (Å²) < 4.78 is 32.6. The van der Waals surface area contributed by atoms with Crippen molar-refractivity contribution in [2.45, 2.75) is 42.5 Å². The summed E-state index contributed by atoms with van der Waals surface area (Å²) in [5.74, 6) is -0.934. The molecule has 0 spiro atoms. The summed E-state index contributed by atoms with van der Waals surface area (Å²) in [5, 5.41) is 6.78. The van der Waals surface area contributed by atoms with Crippen molar-refractivity contribution >= 4 is 33.2 Å². The van der Waals surface area contributed by atoms with Crippen LogP contribution in [0, 0.1) is 0 Å². The molecule has 2 N–H and O–H groups in total. The Bertz CT molecular complexity index is 878. The maximum absolute atomic E-state index is 12.8. The standard InChI is InChI=1S/C18H23N3O5S2/c22-17(18(23)20-13-15-6-3-11-26-15)19-9-8-14-5-1-2-10-21(14)28(24,25)16-7-4-12-27-16/h3-4,6-7,11-12,14H,1-2,5,8-10,13H2,(H,19,22)(H,20,23)/t14-/m0/s1. The summed E-state index contributed by atoms with van der Waals surface area (Å²) in [6.45, 7) is 0.839. The van der Waals surface area contributed by atoms with E-state index in [0.29, 0.717) is 22.9 Å². The second-order valence-corrected chi connectivity index (χ2v) is 9.57. The largest absolute Gasteiger partial charge is 0.467 e. The topological polar surface area (TPSA) is 109 Å². The van der Waals surface area contributed by atoms with Gasteiger partial charge in [0.05, 0.1) is 12.8 Å². The van der Waals surface area contributed by atoms with Gasteiger partial charge in [-0.2, -0.15) is 4.31 Å². The monoisotopic (exact) mass is 425 g/mol. The minimum absolute atomic E-state index is 0.134. The number of amides is 2. The third-order valence-corrected chi connectivity index (χ3v) is 7.93. The van der Waals surface area contributed by atoms with Crippen LogP contribution in [-0.4, -0.2) is 43.7 Å². The van der Waals surface area contributed by atoms with Crippen LogP contribution in [0.25, 0.3) is 0 Å². The summed E-state index contributed by atoms with van der Waals surface area (Å²) in [7, 11) is -3.52. The van der Waals surface area contributed by atoms with Crippen molar-refractivity contribution in [3.8, 4) is 0 Å². The third-order valence-electron chi connectivity index (χ3n) is 4.60. The zero-order valence-electron chi connectivity index (χ0n) is 15.3. The number of piperidine rings is 1. The van der Waals surface area contributed by atoms with Crippen LogP contribution in [0.3, 0.4) is 0 Å². The number of hydrogen-bond acceptors (Lipinski definition) is 6. The molecule has 0 aromatic carbocycles. The van der Waals surface area contributed by atoms with Gasteiger partial charge in [0.2, 0.25) is 0 Å². The highest BCUT2D eigenvalue weighted by Crippen LogP contribution is 2.28. The van der Waals surface area contributed by atoms with Crippen LogP contribution in [-0.2, 0) is 26.2 Å². The fourth-order valence-corrected chi connectivity index (χ4v) is 6.04. The quantitative estimate of drug-likeness (QED) is 0.657. The molecule has 1 saturated heterocycles. The molecule has 2 amide bonds. The van der Waals surface area contributed by atoms with Crippen molar-refractivity contribution in [2.24, 2.45) is 0 Å². The molecule has 1 atom stereocenters. The lowest BCUT2D eigenvalue weighted by Crippen LogP contribution is -2.46. The maximum Gasteiger partial charge on any atom is 0.309 e. The summed E-state index contributed by atoms with van der Waals surface area (Å²) in [4.78, 5) is 23.8. The van der Waals surface area contributed by atoms with Gasteiger partial charge in [0.1, 0.15) is 9.97 Å². The normalized spacial score (nSPS) is 17.9. The van der Waals surface area contributed by atoms with Gasteiger partial charge >= 0.3 is 11.8 Å². The van der Waals surface area contributed by atoms with Crippen molar-refractivity contribution < 1.29 is 22.4 Å². The van der Waals surface area contributed by atoms with Crippen LogP contribution in [0.2, 0.25) is 0 Å². The molecule has 0 unspecified atom stereocenters. The van der Waals surface area contributed by atoms with Gasteiger partial charge in [-0.3, -0.25) is 9.59 Å². The molecule has 0 aliphatic carbocycles. The first-order valence-electron chi connectivity index (χ1n) is 9.12. The van der Waals surface area contributed by atoms with E-state index < -0.39 is 21.8 Å². The van der Waals surface area contributed by atoms with E-state index in [9.17, 15) is 18.0 Å². The summed E-state index contributed by atoms with van der Waals surface area (Å²) in [5.41, 5.74) is 0. The minimum atomic E-state index is -3.52. The van der Waals surface area contributed by atoms with Gasteiger partial charge in [-0.05, 0) is 42.8 Å². The van der Waals surface area contributed by atoms with Crippen LogP contribution in [0.15, 0.2) is 44.5 Å². The Hall–Kier alpha value is -2.17. The van der Waals surface area contributed by atoms with Crippen LogP contribution in [0.4, 0.5) is 0 Å². The van der Waals surface area contributed by atoms with Crippen molar-refractivity contribution in [3.63, 3.8) is 0 Å². The predicted molar refractivity (Wildman–Crippen MR) is 104 cm³/mol. The predicted octanol–water partition coefficient (Wildman–Crippen LogP) is 1.71. The van der Waals surface area contributed by atoms with Crippen LogP contribution >= 0.6 is 11.3 Å². The zero-order chi connectivity index (χ0) is 20.0. The van der Waals surface area contributed by atoms with Crippen LogP contribution in [0.1, 0.15) is 31.4 Å². The van der Waals surface area contributed by atoms with Crippen molar-refractivity contribution in [1.29, 1.82) is 0 Å². The first kappa shape index (κ1) is 20.6. The molecule has 28 heavy (non-hydrogen) atoms. The van der Waals surface area contributed by atoms with Gasteiger partial charge in [-0.15, -0.1) is 11.3 Å². The van der Waals surface area contributed by atoms with E-state index >= 15 is 0 Å². The van der Waals surface area contributed by atoms with Gasteiger partial charge in [-0.1, -0.05) is 12.5 Å². The molecule has 10 heteroatoms. The molecule has 3 heterocycles. The van der Waals surface area contributed by atoms with Gasteiger partial charge in [0.15, 0.2) is 0 Å². The number of nitrogens with one attached hydrogen (secondary N) is 2. The molecule has 0 bridgehead atoms. The van der Waals surface area contributed by atoms with E-state index in [1.165, 1.54) is 21.9 Å². The van der Waals surface area contributed by atoms with E-state index in [-0.39, 0.29) is 19.1 Å². The molecular weight excluding hydrogens is 402 g/mol. The Labute approximate surface area is 168 Å².